The van der Waals surface area contributed by atoms with Crippen LogP contribution >= 0.6 is 0 Å². The van der Waals surface area contributed by atoms with E-state index in [0.29, 0.717) is 6.42 Å². The van der Waals surface area contributed by atoms with Gasteiger partial charge in [-0.1, -0.05) is 12.1 Å². The highest BCUT2D eigenvalue weighted by Crippen LogP contribution is 2.18. The Labute approximate surface area is 127 Å². The first kappa shape index (κ1) is 17.5. The Bertz CT molecular complexity index is 446. The molecule has 0 aromatic heterocycles. The molecule has 4 nitrogen and oxygen atoms in total. The fourth-order valence-corrected chi connectivity index (χ4v) is 1.91. The Hall–Kier alpha value is -1.55. The molecule has 0 aliphatic carbocycles. The first-order valence-corrected chi connectivity index (χ1v) is 7.40. The largest absolute Gasteiger partial charge is 0.491 e. The van der Waals surface area contributed by atoms with Crippen LogP contribution < -0.4 is 10.5 Å². The van der Waals surface area contributed by atoms with Gasteiger partial charge in [0.25, 0.3) is 0 Å². The second-order valence-electron chi connectivity index (χ2n) is 6.48. The van der Waals surface area contributed by atoms with E-state index in [4.69, 9.17) is 15.2 Å². The van der Waals surface area contributed by atoms with Gasteiger partial charge in [0, 0.05) is 6.54 Å². The molecule has 1 aromatic rings. The number of rotatable bonds is 6. The molecule has 118 valence electrons. The van der Waals surface area contributed by atoms with Crippen molar-refractivity contribution in [3.63, 3.8) is 0 Å². The predicted molar refractivity (Wildman–Crippen MR) is 84.3 cm³/mol. The van der Waals surface area contributed by atoms with Crippen LogP contribution in [0.2, 0.25) is 0 Å². The maximum Gasteiger partial charge on any atom is 0.311 e. The molecule has 1 aromatic carbocycles. The molecule has 0 heterocycles. The average Bonchev–Trinajstić information content (AvgIpc) is 2.35. The van der Waals surface area contributed by atoms with E-state index in [1.165, 1.54) is 0 Å². The molecule has 2 N–H and O–H groups in total. The van der Waals surface area contributed by atoms with Gasteiger partial charge in [-0.2, -0.15) is 0 Å². The van der Waals surface area contributed by atoms with E-state index in [0.717, 1.165) is 11.3 Å². The van der Waals surface area contributed by atoms with Crippen LogP contribution in [0.5, 0.6) is 5.75 Å². The van der Waals surface area contributed by atoms with Gasteiger partial charge in [-0.3, -0.25) is 4.79 Å². The number of esters is 1. The normalized spacial score (nSPS) is 13.1. The van der Waals surface area contributed by atoms with Crippen molar-refractivity contribution >= 4 is 5.97 Å². The fourth-order valence-electron chi connectivity index (χ4n) is 1.91. The van der Waals surface area contributed by atoms with Gasteiger partial charge in [0.05, 0.1) is 12.0 Å². The molecule has 0 spiro atoms. The summed E-state index contributed by atoms with van der Waals surface area (Å²) >= 11 is 0. The van der Waals surface area contributed by atoms with E-state index in [-0.39, 0.29) is 24.5 Å². The third kappa shape index (κ3) is 6.63. The van der Waals surface area contributed by atoms with Crippen LogP contribution in [-0.2, 0) is 16.0 Å². The number of hydrogen-bond donors (Lipinski definition) is 1. The number of hydrogen-bond acceptors (Lipinski definition) is 4. The van der Waals surface area contributed by atoms with Crippen molar-refractivity contribution in [1.29, 1.82) is 0 Å². The summed E-state index contributed by atoms with van der Waals surface area (Å²) in [5.41, 5.74) is 6.27. The third-order valence-electron chi connectivity index (χ3n) is 2.80. The van der Waals surface area contributed by atoms with E-state index in [2.05, 4.69) is 0 Å². The van der Waals surface area contributed by atoms with Crippen molar-refractivity contribution in [2.75, 3.05) is 6.54 Å². The van der Waals surface area contributed by atoms with E-state index in [9.17, 15) is 4.79 Å². The van der Waals surface area contributed by atoms with Crippen molar-refractivity contribution in [3.8, 4) is 5.75 Å². The molecule has 4 heteroatoms. The molecule has 1 atom stereocenters. The van der Waals surface area contributed by atoms with Gasteiger partial charge in [-0.05, 0) is 58.7 Å². The molecule has 0 aliphatic rings. The first-order chi connectivity index (χ1) is 9.71. The number of carbonyl (C=O) groups excluding carboxylic acids is 1. The Morgan fingerprint density at radius 1 is 1.19 bits per heavy atom. The van der Waals surface area contributed by atoms with Crippen molar-refractivity contribution in [2.45, 2.75) is 52.7 Å². The molecule has 1 unspecified atom stereocenters. The quantitative estimate of drug-likeness (QED) is 0.819. The smallest absolute Gasteiger partial charge is 0.311 e. The van der Waals surface area contributed by atoms with E-state index < -0.39 is 5.60 Å². The summed E-state index contributed by atoms with van der Waals surface area (Å²) in [5, 5.41) is 0. The summed E-state index contributed by atoms with van der Waals surface area (Å²) in [5.74, 6) is 0.268. The molecule has 0 bridgehead atoms. The Balaban J connectivity index is 2.67. The summed E-state index contributed by atoms with van der Waals surface area (Å²) in [6.07, 6.45) is 0.724. The molecule has 0 radical (unpaired) electrons. The summed E-state index contributed by atoms with van der Waals surface area (Å²) in [6, 6.07) is 7.76. The predicted octanol–water partition coefficient (Wildman–Crippen LogP) is 2.93. The Kier molecular flexibility index (Phi) is 6.21. The lowest BCUT2D eigenvalue weighted by Crippen LogP contribution is -2.33. The number of ether oxygens (including phenoxy) is 2. The zero-order valence-corrected chi connectivity index (χ0v) is 13.7. The molecular formula is C17H27NO3. The highest BCUT2D eigenvalue weighted by atomic mass is 16.6. The SMILES string of the molecule is CC(C)Oc1ccc(CC(CN)C(=O)OC(C)(C)C)cc1. The fraction of sp³-hybridized carbons (Fsp3) is 0.588. The summed E-state index contributed by atoms with van der Waals surface area (Å²) in [6.45, 7) is 9.82. The topological polar surface area (TPSA) is 61.5 Å². The molecular weight excluding hydrogens is 266 g/mol. The van der Waals surface area contributed by atoms with Gasteiger partial charge in [0.2, 0.25) is 0 Å². The zero-order valence-electron chi connectivity index (χ0n) is 13.7. The van der Waals surface area contributed by atoms with Crippen LogP contribution in [0.4, 0.5) is 0 Å². The molecule has 0 saturated carbocycles. The zero-order chi connectivity index (χ0) is 16.0. The molecule has 0 aliphatic heterocycles. The van der Waals surface area contributed by atoms with Crippen molar-refractivity contribution in [3.05, 3.63) is 29.8 Å². The van der Waals surface area contributed by atoms with Gasteiger partial charge in [0.15, 0.2) is 0 Å². The minimum atomic E-state index is -0.487. The average molecular weight is 293 g/mol. The lowest BCUT2D eigenvalue weighted by atomic mass is 9.99. The summed E-state index contributed by atoms with van der Waals surface area (Å²) in [4.78, 5) is 12.1. The van der Waals surface area contributed by atoms with E-state index >= 15 is 0 Å². The molecule has 1 rings (SSSR count). The molecule has 0 amide bonds. The Morgan fingerprint density at radius 2 is 1.76 bits per heavy atom. The van der Waals surface area contributed by atoms with Crippen LogP contribution in [0.1, 0.15) is 40.2 Å². The molecule has 0 saturated heterocycles. The van der Waals surface area contributed by atoms with Crippen LogP contribution in [0.25, 0.3) is 0 Å². The maximum atomic E-state index is 12.1. The summed E-state index contributed by atoms with van der Waals surface area (Å²) < 4.78 is 11.0. The van der Waals surface area contributed by atoms with Crippen molar-refractivity contribution < 1.29 is 14.3 Å². The number of benzene rings is 1. The highest BCUT2D eigenvalue weighted by Gasteiger charge is 2.24. The Morgan fingerprint density at radius 3 is 2.19 bits per heavy atom. The second-order valence-corrected chi connectivity index (χ2v) is 6.48. The monoisotopic (exact) mass is 293 g/mol. The lowest BCUT2D eigenvalue weighted by Gasteiger charge is -2.23. The van der Waals surface area contributed by atoms with Gasteiger partial charge in [-0.15, -0.1) is 0 Å². The number of nitrogens with two attached hydrogens (primary N) is 1. The van der Waals surface area contributed by atoms with Gasteiger partial charge in [0.1, 0.15) is 11.4 Å². The van der Waals surface area contributed by atoms with Crippen LogP contribution in [0.15, 0.2) is 24.3 Å². The van der Waals surface area contributed by atoms with Crippen molar-refractivity contribution in [2.24, 2.45) is 11.7 Å². The minimum Gasteiger partial charge on any atom is -0.491 e. The number of carbonyl (C=O) groups is 1. The van der Waals surface area contributed by atoms with Gasteiger partial charge in [-0.25, -0.2) is 0 Å². The first-order valence-electron chi connectivity index (χ1n) is 7.40. The molecule has 21 heavy (non-hydrogen) atoms. The van der Waals surface area contributed by atoms with Crippen LogP contribution in [-0.4, -0.2) is 24.2 Å². The van der Waals surface area contributed by atoms with Gasteiger partial charge >= 0.3 is 5.97 Å². The maximum absolute atomic E-state index is 12.1. The highest BCUT2D eigenvalue weighted by molar-refractivity contribution is 5.73. The van der Waals surface area contributed by atoms with Crippen molar-refractivity contribution in [1.82, 2.24) is 0 Å². The van der Waals surface area contributed by atoms with Crippen LogP contribution in [0.3, 0.4) is 0 Å². The van der Waals surface area contributed by atoms with Crippen LogP contribution in [0, 0.1) is 5.92 Å². The second kappa shape index (κ2) is 7.46. The standard InChI is InChI=1S/C17H27NO3/c1-12(2)20-15-8-6-13(7-9-15)10-14(11-18)16(19)21-17(3,4)5/h6-9,12,14H,10-11,18H2,1-5H3. The third-order valence-corrected chi connectivity index (χ3v) is 2.80. The summed E-state index contributed by atoms with van der Waals surface area (Å²) in [7, 11) is 0. The van der Waals surface area contributed by atoms with E-state index in [1.807, 2.05) is 58.9 Å². The van der Waals surface area contributed by atoms with E-state index in [1.54, 1.807) is 0 Å². The molecule has 0 fully saturated rings. The minimum absolute atomic E-state index is 0.148. The van der Waals surface area contributed by atoms with Gasteiger partial charge < -0.3 is 15.2 Å². The lowest BCUT2D eigenvalue weighted by molar-refractivity contribution is -0.159.